The number of amides is 2. The molecule has 0 bridgehead atoms. The molecule has 0 radical (unpaired) electrons. The number of carbonyl (C=O) groups excluding carboxylic acids is 2. The van der Waals surface area contributed by atoms with Crippen LogP contribution in [0.3, 0.4) is 0 Å². The first-order chi connectivity index (χ1) is 18.5. The van der Waals surface area contributed by atoms with E-state index in [1.54, 1.807) is 4.90 Å². The van der Waals surface area contributed by atoms with E-state index in [4.69, 9.17) is 11.6 Å². The van der Waals surface area contributed by atoms with Gasteiger partial charge in [-0.3, -0.25) is 19.0 Å². The van der Waals surface area contributed by atoms with Crippen LogP contribution in [-0.4, -0.2) is 70.0 Å². The lowest BCUT2D eigenvalue weighted by Gasteiger charge is -2.47. The molecule has 1 aromatic carbocycles. The van der Waals surface area contributed by atoms with Gasteiger partial charge in [-0.1, -0.05) is 24.2 Å². The Hall–Kier alpha value is -4.06. The van der Waals surface area contributed by atoms with Crippen LogP contribution in [0.2, 0.25) is 5.02 Å². The van der Waals surface area contributed by atoms with Gasteiger partial charge in [0.2, 0.25) is 5.91 Å². The van der Waals surface area contributed by atoms with Crippen molar-refractivity contribution >= 4 is 45.8 Å². The van der Waals surface area contributed by atoms with Crippen molar-refractivity contribution in [3.8, 4) is 17.0 Å². The molecule has 0 unspecified atom stereocenters. The van der Waals surface area contributed by atoms with Gasteiger partial charge in [-0.15, -0.1) is 0 Å². The van der Waals surface area contributed by atoms with Crippen molar-refractivity contribution in [1.29, 1.82) is 0 Å². The van der Waals surface area contributed by atoms with Crippen molar-refractivity contribution in [3.63, 3.8) is 0 Å². The number of hydrogen-bond acceptors (Lipinski definition) is 6. The zero-order chi connectivity index (χ0) is 28.0. The van der Waals surface area contributed by atoms with Crippen LogP contribution in [0, 0.1) is 5.82 Å². The number of rotatable bonds is 3. The number of hydrogen-bond donors (Lipinski definition) is 1. The molecule has 2 atom stereocenters. The summed E-state index contributed by atoms with van der Waals surface area (Å²) < 4.78 is 44.4. The van der Waals surface area contributed by atoms with E-state index in [1.165, 1.54) is 30.1 Å². The summed E-state index contributed by atoms with van der Waals surface area (Å²) in [5.41, 5.74) is -1.48. The minimum atomic E-state index is -3.19. The predicted octanol–water partition coefficient (Wildman–Crippen LogP) is 3.32. The zero-order valence-electron chi connectivity index (χ0n) is 20.5. The van der Waals surface area contributed by atoms with Crippen molar-refractivity contribution in [3.05, 3.63) is 58.1 Å². The normalized spacial score (nSPS) is 21.6. The monoisotopic (exact) mass is 559 g/mol. The van der Waals surface area contributed by atoms with Crippen LogP contribution in [0.1, 0.15) is 12.5 Å². The molecular formula is C26H21ClF3N5O4. The summed E-state index contributed by atoms with van der Waals surface area (Å²) in [6.45, 7) is 3.87. The SMILES string of the molecule is C=CC(=O)N1CCN2c3c(c(=O)n([C@@H]4CC4(F)F)c4nc(-c5c(O)cccc5F)c(Cl)cc34)N(C)C(=O)[C@H]2C1. The molecule has 2 aliphatic heterocycles. The third-order valence-corrected chi connectivity index (χ3v) is 7.81. The van der Waals surface area contributed by atoms with Crippen LogP contribution in [0.4, 0.5) is 24.5 Å². The molecule has 39 heavy (non-hydrogen) atoms. The van der Waals surface area contributed by atoms with Crippen molar-refractivity contribution in [1.82, 2.24) is 14.5 Å². The van der Waals surface area contributed by atoms with E-state index in [9.17, 15) is 32.7 Å². The second-order valence-corrected chi connectivity index (χ2v) is 10.2. The van der Waals surface area contributed by atoms with Gasteiger partial charge in [-0.05, 0) is 24.3 Å². The van der Waals surface area contributed by atoms with Crippen LogP contribution >= 0.6 is 11.6 Å². The van der Waals surface area contributed by atoms with Gasteiger partial charge < -0.3 is 19.8 Å². The van der Waals surface area contributed by atoms with E-state index in [1.807, 2.05) is 0 Å². The highest BCUT2D eigenvalue weighted by Gasteiger charge is 2.60. The molecule has 3 aromatic rings. The maximum atomic E-state index is 14.8. The average Bonchev–Trinajstić information content (AvgIpc) is 3.53. The van der Waals surface area contributed by atoms with Gasteiger partial charge in [0, 0.05) is 31.9 Å². The average molecular weight is 560 g/mol. The van der Waals surface area contributed by atoms with E-state index < -0.39 is 47.5 Å². The Bertz CT molecular complexity index is 1660. The van der Waals surface area contributed by atoms with Gasteiger partial charge in [0.1, 0.15) is 35.0 Å². The number of pyridine rings is 2. The first-order valence-electron chi connectivity index (χ1n) is 12.1. The van der Waals surface area contributed by atoms with Crippen molar-refractivity contribution in [2.45, 2.75) is 24.4 Å². The number of halogens is 4. The molecule has 202 valence electrons. The van der Waals surface area contributed by atoms with Crippen molar-refractivity contribution in [2.24, 2.45) is 0 Å². The molecule has 1 saturated carbocycles. The fourth-order valence-corrected chi connectivity index (χ4v) is 5.73. The molecule has 1 saturated heterocycles. The fraction of sp³-hybridized carbons (Fsp3) is 0.308. The van der Waals surface area contributed by atoms with Gasteiger partial charge in [0.25, 0.3) is 17.4 Å². The molecule has 2 aromatic heterocycles. The number of aromatic nitrogens is 2. The molecule has 0 spiro atoms. The van der Waals surface area contributed by atoms with E-state index in [0.717, 1.165) is 21.6 Å². The number of phenols is 1. The second kappa shape index (κ2) is 8.47. The molecule has 13 heteroatoms. The van der Waals surface area contributed by atoms with Crippen LogP contribution in [0.15, 0.2) is 41.7 Å². The first kappa shape index (κ1) is 25.2. The number of alkyl halides is 2. The minimum absolute atomic E-state index is 0.0150. The van der Waals surface area contributed by atoms with Crippen molar-refractivity contribution in [2.75, 3.05) is 36.5 Å². The third-order valence-electron chi connectivity index (χ3n) is 7.52. The topological polar surface area (TPSA) is 99.0 Å². The summed E-state index contributed by atoms with van der Waals surface area (Å²) in [5, 5.41) is 10.4. The molecule has 1 N–H and O–H groups in total. The lowest BCUT2D eigenvalue weighted by molar-refractivity contribution is -0.128. The lowest BCUT2D eigenvalue weighted by Crippen LogP contribution is -2.63. The summed E-state index contributed by atoms with van der Waals surface area (Å²) in [6, 6.07) is 2.57. The Kier molecular flexibility index (Phi) is 5.48. The summed E-state index contributed by atoms with van der Waals surface area (Å²) in [6.07, 6.45) is 0.530. The number of piperazine rings is 1. The Morgan fingerprint density at radius 3 is 2.62 bits per heavy atom. The number of phenolic OH excluding ortho intramolecular Hbond substituents is 1. The van der Waals surface area contributed by atoms with Crippen molar-refractivity contribution < 1.29 is 27.9 Å². The number of benzene rings is 1. The van der Waals surface area contributed by atoms with Crippen LogP contribution in [0.5, 0.6) is 5.75 Å². The second-order valence-electron chi connectivity index (χ2n) is 9.77. The molecule has 3 aliphatic rings. The number of nitrogens with zero attached hydrogens (tertiary/aromatic N) is 5. The quantitative estimate of drug-likeness (QED) is 0.494. The maximum Gasteiger partial charge on any atom is 0.278 e. The zero-order valence-corrected chi connectivity index (χ0v) is 21.3. The maximum absolute atomic E-state index is 14.8. The van der Waals surface area contributed by atoms with Gasteiger partial charge in [-0.2, -0.15) is 0 Å². The van der Waals surface area contributed by atoms with Gasteiger partial charge in [0.15, 0.2) is 0 Å². The smallest absolute Gasteiger partial charge is 0.278 e. The number of fused-ring (bicyclic) bond motifs is 5. The first-order valence-corrected chi connectivity index (χ1v) is 12.4. The Labute approximate surface area is 224 Å². The van der Waals surface area contributed by atoms with Gasteiger partial charge in [0.05, 0.1) is 28.5 Å². The van der Waals surface area contributed by atoms with E-state index >= 15 is 0 Å². The van der Waals surface area contributed by atoms with E-state index in [-0.39, 0.29) is 64.2 Å². The lowest BCUT2D eigenvalue weighted by atomic mass is 10.0. The van der Waals surface area contributed by atoms with Gasteiger partial charge >= 0.3 is 0 Å². The summed E-state index contributed by atoms with van der Waals surface area (Å²) in [4.78, 5) is 48.1. The molecular weight excluding hydrogens is 539 g/mol. The van der Waals surface area contributed by atoms with Crippen LogP contribution in [-0.2, 0) is 9.59 Å². The molecule has 2 amide bonds. The Morgan fingerprint density at radius 1 is 1.26 bits per heavy atom. The molecule has 1 aliphatic carbocycles. The Balaban J connectivity index is 1.65. The molecule has 9 nitrogen and oxygen atoms in total. The standard InChI is InChI=1S/C26H21ClF3N5O4/c1-3-18(37)33-7-8-34-15(11-33)24(38)32(2)22-21(34)12-9-13(27)20(19-14(28)5-4-6-16(19)36)31-23(12)35(25(22)39)17-10-26(17,29)30/h3-6,9,15,17,36H,1,7-8,10-11H2,2H3/t15-,17-/m1/s1. The van der Waals surface area contributed by atoms with E-state index in [2.05, 4.69) is 11.6 Å². The highest BCUT2D eigenvalue weighted by Crippen LogP contribution is 2.54. The number of likely N-dealkylation sites (N-methyl/N-ethyl adjacent to an activating group) is 1. The number of anilines is 2. The highest BCUT2D eigenvalue weighted by atomic mass is 35.5. The molecule has 2 fully saturated rings. The molecule has 6 rings (SSSR count). The summed E-state index contributed by atoms with van der Waals surface area (Å²) in [5.74, 6) is -5.35. The largest absolute Gasteiger partial charge is 0.507 e. The summed E-state index contributed by atoms with van der Waals surface area (Å²) in [7, 11) is 1.37. The highest BCUT2D eigenvalue weighted by molar-refractivity contribution is 6.34. The number of carbonyl (C=O) groups is 2. The summed E-state index contributed by atoms with van der Waals surface area (Å²) >= 11 is 6.55. The van der Waals surface area contributed by atoms with Crippen LogP contribution < -0.4 is 15.4 Å². The molecule has 4 heterocycles. The number of aromatic hydroxyl groups is 1. The minimum Gasteiger partial charge on any atom is -0.507 e. The van der Waals surface area contributed by atoms with E-state index in [0.29, 0.717) is 0 Å². The third kappa shape index (κ3) is 3.61. The fourth-order valence-electron chi connectivity index (χ4n) is 5.48. The predicted molar refractivity (Wildman–Crippen MR) is 138 cm³/mol. The van der Waals surface area contributed by atoms with Gasteiger partial charge in [-0.25, -0.2) is 18.2 Å². The van der Waals surface area contributed by atoms with Crippen LogP contribution in [0.25, 0.3) is 22.3 Å². The Morgan fingerprint density at radius 2 is 1.97 bits per heavy atom.